The number of aliphatic hydroxyl groups excluding tert-OH is 1. The Hall–Kier alpha value is -4.43. The van der Waals surface area contributed by atoms with Crippen LogP contribution < -0.4 is 0 Å². The smallest absolute Gasteiger partial charge is 0.314 e. The van der Waals surface area contributed by atoms with Gasteiger partial charge in [0, 0.05) is 31.4 Å². The van der Waals surface area contributed by atoms with E-state index in [0.29, 0.717) is 132 Å². The van der Waals surface area contributed by atoms with Gasteiger partial charge < -0.3 is 43.0 Å². The van der Waals surface area contributed by atoms with Crippen LogP contribution in [0.2, 0.25) is 0 Å². The van der Waals surface area contributed by atoms with Gasteiger partial charge in [-0.15, -0.1) is 23.5 Å². The van der Waals surface area contributed by atoms with Crippen molar-refractivity contribution in [1.82, 2.24) is 0 Å². The molecule has 0 radical (unpaired) electrons. The molecule has 0 aromatic heterocycles. The fraction of sp³-hybridized carbons (Fsp3) is 0.673. The highest BCUT2D eigenvalue weighted by atomic mass is 32.2. The number of hydrogen-bond acceptors (Lipinski definition) is 18. The van der Waals surface area contributed by atoms with E-state index in [4.69, 9.17) is 37.9 Å². The molecule has 5 aliphatic carbocycles. The van der Waals surface area contributed by atoms with Crippen molar-refractivity contribution in [3.63, 3.8) is 0 Å². The number of rotatable bonds is 23. The Kier molecular flexibility index (Phi) is 21.9. The Labute approximate surface area is 419 Å². The number of aliphatic hydroxyl groups is 1. The summed E-state index contributed by atoms with van der Waals surface area (Å²) in [6.07, 6.45) is 16.5. The van der Waals surface area contributed by atoms with E-state index in [1.165, 1.54) is 36.5 Å². The summed E-state index contributed by atoms with van der Waals surface area (Å²) in [6.45, 7) is 8.74. The highest BCUT2D eigenvalue weighted by Gasteiger charge is 2.53. The molecule has 1 aliphatic heterocycles. The molecule has 3 saturated carbocycles. The molecule has 1 N–H and O–H groups in total. The predicted molar refractivity (Wildman–Crippen MR) is 258 cm³/mol. The lowest BCUT2D eigenvalue weighted by Gasteiger charge is -2.40. The molecule has 6 aliphatic rings. The summed E-state index contributed by atoms with van der Waals surface area (Å²) in [5.41, 5.74) is 0.635. The molecule has 1 saturated heterocycles. The number of allylic oxidation sites excluding steroid dienone is 4. The number of ether oxygens (including phenoxy) is 8. The van der Waals surface area contributed by atoms with E-state index in [9.17, 15) is 39.6 Å². The molecule has 4 unspecified atom stereocenters. The maximum Gasteiger partial charge on any atom is 0.314 e. The maximum absolute atomic E-state index is 14.0. The van der Waals surface area contributed by atoms with E-state index in [1.807, 2.05) is 43.4 Å². The van der Waals surface area contributed by atoms with Crippen LogP contribution in [0.3, 0.4) is 0 Å². The normalized spacial score (nSPS) is 29.0. The van der Waals surface area contributed by atoms with Crippen LogP contribution in [0, 0.1) is 52.3 Å². The Bertz CT molecular complexity index is 2040. The van der Waals surface area contributed by atoms with Crippen molar-refractivity contribution < 1.29 is 67.0 Å². The number of nitrogens with zero attached hydrogens (tertiary/aromatic N) is 2. The molecule has 1 heterocycles. The number of carbonyl (C=O) groups is 5. The van der Waals surface area contributed by atoms with E-state index in [1.54, 1.807) is 0 Å². The van der Waals surface area contributed by atoms with Crippen molar-refractivity contribution in [2.24, 2.45) is 29.6 Å². The van der Waals surface area contributed by atoms with Gasteiger partial charge in [0.15, 0.2) is 6.29 Å². The molecule has 0 amide bonds. The second kappa shape index (κ2) is 28.0. The number of hydrogen-bond donors (Lipinski definition) is 1. The molecule has 70 heavy (non-hydrogen) atoms. The van der Waals surface area contributed by atoms with Crippen molar-refractivity contribution in [3.8, 4) is 12.1 Å². The molecule has 6 rings (SSSR count). The largest absolute Gasteiger partial charge is 0.466 e. The first-order valence-corrected chi connectivity index (χ1v) is 26.7. The molecular weight excluding hydrogens is 941 g/mol. The summed E-state index contributed by atoms with van der Waals surface area (Å²) >= 11 is 2.57. The second-order valence-electron chi connectivity index (χ2n) is 18.8. The molecule has 0 spiro atoms. The van der Waals surface area contributed by atoms with Crippen LogP contribution in [0.15, 0.2) is 58.1 Å². The van der Waals surface area contributed by atoms with Gasteiger partial charge in [-0.05, 0) is 109 Å². The first-order valence-electron chi connectivity index (χ1n) is 24.9. The van der Waals surface area contributed by atoms with Crippen molar-refractivity contribution >= 4 is 53.4 Å². The van der Waals surface area contributed by atoms with Gasteiger partial charge in [-0.1, -0.05) is 30.9 Å². The summed E-state index contributed by atoms with van der Waals surface area (Å²) in [7, 11) is 0. The van der Waals surface area contributed by atoms with E-state index >= 15 is 0 Å². The third-order valence-electron chi connectivity index (χ3n) is 13.8. The molecule has 6 atom stereocenters. The zero-order chi connectivity index (χ0) is 50.0. The van der Waals surface area contributed by atoms with Gasteiger partial charge in [-0.3, -0.25) is 24.0 Å². The van der Waals surface area contributed by atoms with Gasteiger partial charge in [0.05, 0.1) is 77.0 Å². The van der Waals surface area contributed by atoms with Crippen LogP contribution in [-0.4, -0.2) is 109 Å². The Morgan fingerprint density at radius 2 is 1.31 bits per heavy atom. The first-order chi connectivity index (χ1) is 33.9. The average molecular weight is 1010 g/mol. The summed E-state index contributed by atoms with van der Waals surface area (Å²) < 4.78 is 46.6. The minimum atomic E-state index is -0.976. The molecule has 0 bridgehead atoms. The van der Waals surface area contributed by atoms with Gasteiger partial charge >= 0.3 is 29.8 Å². The van der Waals surface area contributed by atoms with E-state index in [-0.39, 0.29) is 66.2 Å². The molecule has 0 aromatic rings. The van der Waals surface area contributed by atoms with Gasteiger partial charge in [-0.2, -0.15) is 10.5 Å². The molecule has 4 fully saturated rings. The molecule has 18 heteroatoms. The molecular formula is C52H68N2O14S2. The van der Waals surface area contributed by atoms with Crippen molar-refractivity contribution in [2.75, 3.05) is 33.0 Å². The average Bonchev–Trinajstić information content (AvgIpc) is 3.81. The van der Waals surface area contributed by atoms with Crippen LogP contribution in [0.5, 0.6) is 0 Å². The predicted octanol–water partition coefficient (Wildman–Crippen LogP) is 8.00. The third kappa shape index (κ3) is 15.8. The second-order valence-corrected chi connectivity index (χ2v) is 21.4. The lowest BCUT2D eigenvalue weighted by atomic mass is 9.79. The van der Waals surface area contributed by atoms with E-state index in [0.717, 1.165) is 12.8 Å². The van der Waals surface area contributed by atoms with E-state index < -0.39 is 46.6 Å². The zero-order valence-corrected chi connectivity index (χ0v) is 42.0. The minimum absolute atomic E-state index is 0.0299. The minimum Gasteiger partial charge on any atom is -0.466 e. The number of nitriles is 2. The fourth-order valence-corrected chi connectivity index (χ4v) is 13.1. The Balaban J connectivity index is 0.980. The lowest BCUT2D eigenvalue weighted by molar-refractivity contribution is -0.161. The standard InChI is InChI=1S/C52H68N2O14S2/c1-4-43(56)64-29-9-28-63-39-21-23-40(24-22-39)66-49(58)35-17-19-37(20-18-35)51(60)68-45-42-12-6-5-11-41(42)44(46-47(45)70-52(69-46)38(30-53)31-54)67-50(59)36-15-13-34(14-16-36)48(57)65-25-7-10-32(2)61-26-8-27-62-33(3)55/h4-6,11-12,32,34-37,39-41,43-44,46-47,56H,1,7-10,13-29H2,2-3H3/t32?,34?,35?,36?,37?,39?,40?,41-,43+,44?,46?,47?/m0/s1. The SMILES string of the molecule is C=C[C@H](O)OCCCOC1CCC(OC(=O)C2CCC(C(=O)OC3=C4C=CC=C[C@@H]4C(OC(=O)C4CCC(C(=O)OCCCC(C)OCCCOC(C)=O)CC4)C4SC(=C(C#N)C#N)SC34)CC2)CC1. The highest BCUT2D eigenvalue weighted by molar-refractivity contribution is 8.26. The number of carbonyl (C=O) groups excluding carboxylic acids is 5. The summed E-state index contributed by atoms with van der Waals surface area (Å²) in [5, 5.41) is 28.1. The van der Waals surface area contributed by atoms with Gasteiger partial charge in [-0.25, -0.2) is 0 Å². The summed E-state index contributed by atoms with van der Waals surface area (Å²) in [5.74, 6) is -3.13. The molecule has 382 valence electrons. The number of esters is 5. The summed E-state index contributed by atoms with van der Waals surface area (Å²) in [4.78, 5) is 65.2. The number of fused-ring (bicyclic) bond motifs is 2. The first kappa shape index (κ1) is 54.9. The Morgan fingerprint density at radius 3 is 1.96 bits per heavy atom. The summed E-state index contributed by atoms with van der Waals surface area (Å²) in [6, 6.07) is 3.98. The lowest BCUT2D eigenvalue weighted by Crippen LogP contribution is -2.47. The zero-order valence-electron chi connectivity index (χ0n) is 40.3. The quantitative estimate of drug-likeness (QED) is 0.0255. The van der Waals surface area contributed by atoms with Gasteiger partial charge in [0.2, 0.25) is 0 Å². The van der Waals surface area contributed by atoms with Crippen LogP contribution in [0.1, 0.15) is 117 Å². The van der Waals surface area contributed by atoms with Crippen molar-refractivity contribution in [1.29, 1.82) is 10.5 Å². The molecule has 16 nitrogen and oxygen atoms in total. The van der Waals surface area contributed by atoms with Crippen LogP contribution in [0.25, 0.3) is 0 Å². The Morgan fingerprint density at radius 1 is 0.729 bits per heavy atom. The number of thioether (sulfide) groups is 2. The third-order valence-corrected chi connectivity index (χ3v) is 16.9. The van der Waals surface area contributed by atoms with Gasteiger partial charge in [0.25, 0.3) is 0 Å². The maximum atomic E-state index is 14.0. The van der Waals surface area contributed by atoms with E-state index in [2.05, 4.69) is 6.58 Å². The highest BCUT2D eigenvalue weighted by Crippen LogP contribution is 2.58. The van der Waals surface area contributed by atoms with Gasteiger partial charge in [0.1, 0.15) is 35.7 Å². The monoisotopic (exact) mass is 1010 g/mol. The van der Waals surface area contributed by atoms with Crippen LogP contribution in [0.4, 0.5) is 0 Å². The van der Waals surface area contributed by atoms with Crippen molar-refractivity contribution in [3.05, 3.63) is 58.1 Å². The van der Waals surface area contributed by atoms with Crippen LogP contribution >= 0.6 is 23.5 Å². The van der Waals surface area contributed by atoms with Crippen molar-refractivity contribution in [2.45, 2.75) is 158 Å². The topological polar surface area (TPSA) is 227 Å². The van der Waals surface area contributed by atoms with Crippen LogP contribution in [-0.2, 0) is 61.9 Å². The molecule has 0 aromatic carbocycles. The fourth-order valence-electron chi connectivity index (χ4n) is 9.80.